The van der Waals surface area contributed by atoms with Gasteiger partial charge in [0.15, 0.2) is 0 Å². The normalized spacial score (nSPS) is 22.4. The van der Waals surface area contributed by atoms with Crippen LogP contribution in [0.5, 0.6) is 0 Å². The van der Waals surface area contributed by atoms with E-state index >= 15 is 0 Å². The Bertz CT molecular complexity index is 691. The van der Waals surface area contributed by atoms with Crippen molar-refractivity contribution in [2.75, 3.05) is 13.1 Å². The second-order valence-corrected chi connectivity index (χ2v) is 5.59. The SMILES string of the molecule is C[C@@]1(C(=O)O)CCN(C(=O)c2cccc3[nH]ccc23)C1. The van der Waals surface area contributed by atoms with Crippen LogP contribution < -0.4 is 0 Å². The number of amides is 1. The molecule has 1 aromatic carbocycles. The number of aromatic nitrogens is 1. The minimum Gasteiger partial charge on any atom is -0.481 e. The van der Waals surface area contributed by atoms with Crippen LogP contribution in [0.4, 0.5) is 0 Å². The van der Waals surface area contributed by atoms with Crippen LogP contribution in [0.2, 0.25) is 0 Å². The first-order valence-electron chi connectivity index (χ1n) is 6.60. The molecule has 3 rings (SSSR count). The molecule has 20 heavy (non-hydrogen) atoms. The Morgan fingerprint density at radius 3 is 2.85 bits per heavy atom. The molecule has 0 bridgehead atoms. The van der Waals surface area contributed by atoms with Crippen LogP contribution in [0.25, 0.3) is 10.9 Å². The fourth-order valence-corrected chi connectivity index (χ4v) is 2.75. The van der Waals surface area contributed by atoms with Crippen LogP contribution >= 0.6 is 0 Å². The van der Waals surface area contributed by atoms with E-state index in [1.807, 2.05) is 18.2 Å². The van der Waals surface area contributed by atoms with Gasteiger partial charge >= 0.3 is 5.97 Å². The Hall–Kier alpha value is -2.30. The summed E-state index contributed by atoms with van der Waals surface area (Å²) in [5.41, 5.74) is 0.705. The van der Waals surface area contributed by atoms with E-state index in [1.54, 1.807) is 24.1 Å². The van der Waals surface area contributed by atoms with Gasteiger partial charge in [0.05, 0.1) is 5.41 Å². The van der Waals surface area contributed by atoms with E-state index < -0.39 is 11.4 Å². The fourth-order valence-electron chi connectivity index (χ4n) is 2.75. The van der Waals surface area contributed by atoms with Crippen LogP contribution in [-0.4, -0.2) is 40.0 Å². The molecule has 0 spiro atoms. The third-order valence-corrected chi connectivity index (χ3v) is 4.10. The van der Waals surface area contributed by atoms with Gasteiger partial charge in [0, 0.05) is 35.8 Å². The first kappa shape index (κ1) is 12.7. The molecule has 1 aromatic heterocycles. The Morgan fingerprint density at radius 2 is 2.15 bits per heavy atom. The highest BCUT2D eigenvalue weighted by Gasteiger charge is 2.42. The van der Waals surface area contributed by atoms with E-state index in [4.69, 9.17) is 0 Å². The molecule has 5 nitrogen and oxygen atoms in total. The van der Waals surface area contributed by atoms with Crippen molar-refractivity contribution in [2.24, 2.45) is 5.41 Å². The van der Waals surface area contributed by atoms with Gasteiger partial charge in [0.1, 0.15) is 0 Å². The quantitative estimate of drug-likeness (QED) is 0.879. The number of aliphatic carboxylic acids is 1. The highest BCUT2D eigenvalue weighted by Crippen LogP contribution is 2.31. The molecular weight excluding hydrogens is 256 g/mol. The summed E-state index contributed by atoms with van der Waals surface area (Å²) in [7, 11) is 0. The first-order chi connectivity index (χ1) is 9.51. The molecule has 0 radical (unpaired) electrons. The van der Waals surface area contributed by atoms with Gasteiger partial charge in [-0.05, 0) is 31.5 Å². The van der Waals surface area contributed by atoms with Crippen molar-refractivity contribution in [1.82, 2.24) is 9.88 Å². The Morgan fingerprint density at radius 1 is 1.35 bits per heavy atom. The second kappa shape index (κ2) is 4.37. The number of carbonyl (C=O) groups is 2. The topological polar surface area (TPSA) is 73.4 Å². The van der Waals surface area contributed by atoms with Crippen molar-refractivity contribution in [3.8, 4) is 0 Å². The number of hydrogen-bond acceptors (Lipinski definition) is 2. The monoisotopic (exact) mass is 272 g/mol. The second-order valence-electron chi connectivity index (χ2n) is 5.59. The lowest BCUT2D eigenvalue weighted by molar-refractivity contribution is -0.147. The summed E-state index contributed by atoms with van der Waals surface area (Å²) in [5, 5.41) is 10.1. The predicted molar refractivity (Wildman–Crippen MR) is 74.6 cm³/mol. The molecule has 5 heteroatoms. The number of fused-ring (bicyclic) bond motifs is 1. The Kier molecular flexibility index (Phi) is 2.78. The minimum absolute atomic E-state index is 0.0971. The summed E-state index contributed by atoms with van der Waals surface area (Å²) in [6.45, 7) is 2.45. The van der Waals surface area contributed by atoms with Crippen molar-refractivity contribution in [3.05, 3.63) is 36.0 Å². The first-order valence-corrected chi connectivity index (χ1v) is 6.60. The lowest BCUT2D eigenvalue weighted by Gasteiger charge is -2.20. The number of likely N-dealkylation sites (tertiary alicyclic amines) is 1. The summed E-state index contributed by atoms with van der Waals surface area (Å²) >= 11 is 0. The maximum Gasteiger partial charge on any atom is 0.311 e. The molecule has 0 saturated carbocycles. The standard InChI is InChI=1S/C15H16N2O3/c1-15(14(19)20)6-8-17(9-15)13(18)11-3-2-4-12-10(11)5-7-16-12/h2-5,7,16H,6,8-9H2,1H3,(H,19,20)/t15-/m1/s1. The van der Waals surface area contributed by atoms with Gasteiger partial charge in [-0.15, -0.1) is 0 Å². The average molecular weight is 272 g/mol. The van der Waals surface area contributed by atoms with Gasteiger partial charge < -0.3 is 15.0 Å². The van der Waals surface area contributed by atoms with Gasteiger partial charge in [0.2, 0.25) is 0 Å². The van der Waals surface area contributed by atoms with Gasteiger partial charge in [-0.25, -0.2) is 0 Å². The number of carbonyl (C=O) groups excluding carboxylic acids is 1. The summed E-state index contributed by atoms with van der Waals surface area (Å²) in [5.74, 6) is -0.937. The maximum absolute atomic E-state index is 12.6. The van der Waals surface area contributed by atoms with Crippen LogP contribution in [0.3, 0.4) is 0 Å². The molecule has 1 aliphatic heterocycles. The lowest BCUT2D eigenvalue weighted by atomic mass is 9.90. The van der Waals surface area contributed by atoms with Crippen LogP contribution in [-0.2, 0) is 4.79 Å². The minimum atomic E-state index is -0.840. The summed E-state index contributed by atoms with van der Waals surface area (Å²) in [4.78, 5) is 28.6. The van der Waals surface area contributed by atoms with E-state index in [9.17, 15) is 14.7 Å². The van der Waals surface area contributed by atoms with E-state index in [1.165, 1.54) is 0 Å². The number of carboxylic acids is 1. The number of carboxylic acid groups (broad SMARTS) is 1. The summed E-state index contributed by atoms with van der Waals surface area (Å²) < 4.78 is 0. The van der Waals surface area contributed by atoms with E-state index in [0.29, 0.717) is 18.5 Å². The fraction of sp³-hybridized carbons (Fsp3) is 0.333. The van der Waals surface area contributed by atoms with Crippen LogP contribution in [0.15, 0.2) is 30.5 Å². The number of hydrogen-bond donors (Lipinski definition) is 2. The summed E-state index contributed by atoms with van der Waals surface area (Å²) in [6, 6.07) is 7.40. The van der Waals surface area contributed by atoms with Crippen LogP contribution in [0.1, 0.15) is 23.7 Å². The zero-order chi connectivity index (χ0) is 14.3. The van der Waals surface area contributed by atoms with Crippen LogP contribution in [0, 0.1) is 5.41 Å². The largest absolute Gasteiger partial charge is 0.481 e. The Labute approximate surface area is 116 Å². The van der Waals surface area contributed by atoms with E-state index in [-0.39, 0.29) is 12.5 Å². The number of aromatic amines is 1. The third kappa shape index (κ3) is 1.86. The molecule has 0 aliphatic carbocycles. The molecule has 2 N–H and O–H groups in total. The number of nitrogens with one attached hydrogen (secondary N) is 1. The molecule has 2 heterocycles. The maximum atomic E-state index is 12.6. The van der Waals surface area contributed by atoms with Crippen molar-refractivity contribution in [1.29, 1.82) is 0 Å². The molecule has 2 aromatic rings. The zero-order valence-electron chi connectivity index (χ0n) is 11.2. The number of H-pyrrole nitrogens is 1. The number of rotatable bonds is 2. The van der Waals surface area contributed by atoms with Crippen molar-refractivity contribution >= 4 is 22.8 Å². The molecular formula is C15H16N2O3. The van der Waals surface area contributed by atoms with Gasteiger partial charge in [-0.2, -0.15) is 0 Å². The van der Waals surface area contributed by atoms with Gasteiger partial charge in [0.25, 0.3) is 5.91 Å². The van der Waals surface area contributed by atoms with Gasteiger partial charge in [-0.1, -0.05) is 6.07 Å². The molecule has 0 unspecified atom stereocenters. The molecule has 1 fully saturated rings. The molecule has 104 valence electrons. The highest BCUT2D eigenvalue weighted by atomic mass is 16.4. The van der Waals surface area contributed by atoms with E-state index in [2.05, 4.69) is 4.98 Å². The number of nitrogens with zero attached hydrogens (tertiary/aromatic N) is 1. The predicted octanol–water partition coefficient (Wildman–Crippen LogP) is 2.10. The van der Waals surface area contributed by atoms with Crippen molar-refractivity contribution in [2.45, 2.75) is 13.3 Å². The zero-order valence-corrected chi connectivity index (χ0v) is 11.2. The third-order valence-electron chi connectivity index (χ3n) is 4.10. The average Bonchev–Trinajstić information content (AvgIpc) is 3.04. The van der Waals surface area contributed by atoms with Crippen molar-refractivity contribution in [3.63, 3.8) is 0 Å². The molecule has 1 saturated heterocycles. The Balaban J connectivity index is 1.91. The van der Waals surface area contributed by atoms with Crippen molar-refractivity contribution < 1.29 is 14.7 Å². The molecule has 1 amide bonds. The van der Waals surface area contributed by atoms with E-state index in [0.717, 1.165) is 10.9 Å². The molecule has 1 atom stereocenters. The smallest absolute Gasteiger partial charge is 0.311 e. The summed E-state index contributed by atoms with van der Waals surface area (Å²) in [6.07, 6.45) is 2.30. The highest BCUT2D eigenvalue weighted by molar-refractivity contribution is 6.06. The van der Waals surface area contributed by atoms with Gasteiger partial charge in [-0.3, -0.25) is 9.59 Å². The number of benzene rings is 1. The molecule has 1 aliphatic rings. The lowest BCUT2D eigenvalue weighted by Crippen LogP contribution is -2.34.